The zero-order valence-corrected chi connectivity index (χ0v) is 16.8. The number of anilines is 1. The third kappa shape index (κ3) is 6.25. The van der Waals surface area contributed by atoms with Crippen molar-refractivity contribution < 1.29 is 22.3 Å². The number of amides is 1. The first-order valence-corrected chi connectivity index (χ1v) is 10.9. The lowest BCUT2D eigenvalue weighted by Crippen LogP contribution is -2.38. The Labute approximate surface area is 169 Å². The van der Waals surface area contributed by atoms with Crippen molar-refractivity contribution in [2.24, 2.45) is 0 Å². The van der Waals surface area contributed by atoms with E-state index < -0.39 is 15.8 Å². The van der Waals surface area contributed by atoms with E-state index >= 15 is 0 Å². The summed E-state index contributed by atoms with van der Waals surface area (Å²) in [5, 5.41) is 2.87. The SMILES string of the molecule is O=C(NCCCN1CCOCC1)c1ccc(NS(=O)(=O)c2ccc(F)cc2)cc1. The Morgan fingerprint density at radius 2 is 1.69 bits per heavy atom. The highest BCUT2D eigenvalue weighted by molar-refractivity contribution is 7.92. The van der Waals surface area contributed by atoms with E-state index in [2.05, 4.69) is 14.9 Å². The van der Waals surface area contributed by atoms with Crippen molar-refractivity contribution in [2.75, 3.05) is 44.1 Å². The fraction of sp³-hybridized carbons (Fsp3) is 0.350. The van der Waals surface area contributed by atoms with Crippen molar-refractivity contribution in [1.29, 1.82) is 0 Å². The smallest absolute Gasteiger partial charge is 0.261 e. The summed E-state index contributed by atoms with van der Waals surface area (Å²) in [6.07, 6.45) is 0.849. The maximum Gasteiger partial charge on any atom is 0.261 e. The molecule has 2 N–H and O–H groups in total. The van der Waals surface area contributed by atoms with E-state index in [4.69, 9.17) is 4.74 Å². The molecule has 1 heterocycles. The van der Waals surface area contributed by atoms with Gasteiger partial charge in [0, 0.05) is 30.9 Å². The number of hydrogen-bond donors (Lipinski definition) is 2. The number of morpholine rings is 1. The number of halogens is 1. The molecular formula is C20H24FN3O4S. The van der Waals surface area contributed by atoms with Gasteiger partial charge in [0.15, 0.2) is 0 Å². The van der Waals surface area contributed by atoms with Gasteiger partial charge < -0.3 is 10.1 Å². The molecule has 0 atom stereocenters. The molecule has 29 heavy (non-hydrogen) atoms. The van der Waals surface area contributed by atoms with Crippen LogP contribution in [0.2, 0.25) is 0 Å². The molecule has 0 spiro atoms. The molecule has 3 rings (SSSR count). The van der Waals surface area contributed by atoms with Gasteiger partial charge in [-0.25, -0.2) is 12.8 Å². The number of benzene rings is 2. The Bertz CT molecular complexity index is 912. The van der Waals surface area contributed by atoms with Gasteiger partial charge in [-0.1, -0.05) is 0 Å². The van der Waals surface area contributed by atoms with Crippen LogP contribution in [0, 0.1) is 5.82 Å². The Morgan fingerprint density at radius 1 is 1.03 bits per heavy atom. The van der Waals surface area contributed by atoms with Gasteiger partial charge in [0.1, 0.15) is 5.82 Å². The quantitative estimate of drug-likeness (QED) is 0.638. The molecule has 1 aliphatic rings. The molecule has 0 radical (unpaired) electrons. The average Bonchev–Trinajstić information content (AvgIpc) is 2.72. The van der Waals surface area contributed by atoms with E-state index in [1.165, 1.54) is 24.3 Å². The third-order valence-corrected chi connectivity index (χ3v) is 5.96. The molecule has 0 aliphatic carbocycles. The molecule has 7 nitrogen and oxygen atoms in total. The average molecular weight is 421 g/mol. The maximum absolute atomic E-state index is 13.0. The van der Waals surface area contributed by atoms with Crippen LogP contribution < -0.4 is 10.0 Å². The van der Waals surface area contributed by atoms with E-state index in [0.29, 0.717) is 17.8 Å². The number of carbonyl (C=O) groups excluding carboxylic acids is 1. The van der Waals surface area contributed by atoms with E-state index in [1.54, 1.807) is 12.1 Å². The van der Waals surface area contributed by atoms with Crippen molar-refractivity contribution in [3.63, 3.8) is 0 Å². The van der Waals surface area contributed by atoms with Crippen LogP contribution in [0.15, 0.2) is 53.4 Å². The minimum Gasteiger partial charge on any atom is -0.379 e. The molecule has 2 aromatic carbocycles. The van der Waals surface area contributed by atoms with Gasteiger partial charge >= 0.3 is 0 Å². The standard InChI is InChI=1S/C20H24FN3O4S/c21-17-4-8-19(9-5-17)29(26,27)23-18-6-2-16(3-7-18)20(25)22-10-1-11-24-12-14-28-15-13-24/h2-9,23H,1,10-15H2,(H,22,25). The van der Waals surface area contributed by atoms with Crippen LogP contribution in [0.1, 0.15) is 16.8 Å². The summed E-state index contributed by atoms with van der Waals surface area (Å²) in [4.78, 5) is 14.5. The molecule has 1 amide bonds. The zero-order valence-electron chi connectivity index (χ0n) is 15.9. The molecule has 0 aromatic heterocycles. The van der Waals surface area contributed by atoms with Crippen molar-refractivity contribution >= 4 is 21.6 Å². The zero-order chi connectivity index (χ0) is 20.7. The van der Waals surface area contributed by atoms with Gasteiger partial charge in [-0.2, -0.15) is 0 Å². The number of hydrogen-bond acceptors (Lipinski definition) is 5. The summed E-state index contributed by atoms with van der Waals surface area (Å²) in [5.41, 5.74) is 0.763. The summed E-state index contributed by atoms with van der Waals surface area (Å²) in [5.74, 6) is -0.718. The Balaban J connectivity index is 1.48. The predicted octanol–water partition coefficient (Wildman–Crippen LogP) is 2.08. The maximum atomic E-state index is 13.0. The number of nitrogens with zero attached hydrogens (tertiary/aromatic N) is 1. The number of carbonyl (C=O) groups is 1. The lowest BCUT2D eigenvalue weighted by atomic mass is 10.2. The highest BCUT2D eigenvalue weighted by Crippen LogP contribution is 2.17. The summed E-state index contributed by atoms with van der Waals surface area (Å²) in [6, 6.07) is 10.7. The molecule has 2 aromatic rings. The Morgan fingerprint density at radius 3 is 2.34 bits per heavy atom. The van der Waals surface area contributed by atoms with Gasteiger partial charge in [-0.15, -0.1) is 0 Å². The van der Waals surface area contributed by atoms with Crippen LogP contribution >= 0.6 is 0 Å². The molecule has 1 aliphatic heterocycles. The largest absolute Gasteiger partial charge is 0.379 e. The van der Waals surface area contributed by atoms with Crippen LogP contribution in [-0.4, -0.2) is 58.6 Å². The Kier molecular flexibility index (Phi) is 7.18. The van der Waals surface area contributed by atoms with Gasteiger partial charge in [0.25, 0.3) is 15.9 Å². The first-order chi connectivity index (χ1) is 13.9. The molecule has 0 bridgehead atoms. The summed E-state index contributed by atoms with van der Waals surface area (Å²) in [7, 11) is -3.82. The van der Waals surface area contributed by atoms with Gasteiger partial charge in [0.05, 0.1) is 18.1 Å². The van der Waals surface area contributed by atoms with Crippen LogP contribution in [-0.2, 0) is 14.8 Å². The highest BCUT2D eigenvalue weighted by atomic mass is 32.2. The monoisotopic (exact) mass is 421 g/mol. The number of ether oxygens (including phenoxy) is 1. The first kappa shape index (κ1) is 21.2. The van der Waals surface area contributed by atoms with E-state index in [0.717, 1.165) is 51.4 Å². The second-order valence-corrected chi connectivity index (χ2v) is 8.38. The van der Waals surface area contributed by atoms with Crippen molar-refractivity contribution in [3.8, 4) is 0 Å². The summed E-state index contributed by atoms with van der Waals surface area (Å²) < 4.78 is 45.3. The van der Waals surface area contributed by atoms with Crippen LogP contribution in [0.4, 0.5) is 10.1 Å². The number of nitrogens with one attached hydrogen (secondary N) is 2. The van der Waals surface area contributed by atoms with Crippen LogP contribution in [0.25, 0.3) is 0 Å². The topological polar surface area (TPSA) is 87.7 Å². The minimum atomic E-state index is -3.82. The number of rotatable bonds is 8. The van der Waals surface area contributed by atoms with Crippen molar-refractivity contribution in [2.45, 2.75) is 11.3 Å². The first-order valence-electron chi connectivity index (χ1n) is 9.41. The normalized spacial score (nSPS) is 15.1. The molecule has 1 saturated heterocycles. The second-order valence-electron chi connectivity index (χ2n) is 6.70. The predicted molar refractivity (Wildman–Crippen MR) is 108 cm³/mol. The fourth-order valence-electron chi connectivity index (χ4n) is 2.95. The fourth-order valence-corrected chi connectivity index (χ4v) is 4.01. The van der Waals surface area contributed by atoms with Crippen molar-refractivity contribution in [1.82, 2.24) is 10.2 Å². The Hall–Kier alpha value is -2.49. The van der Waals surface area contributed by atoms with E-state index in [9.17, 15) is 17.6 Å². The van der Waals surface area contributed by atoms with E-state index in [1.807, 2.05) is 0 Å². The number of sulfonamides is 1. The highest BCUT2D eigenvalue weighted by Gasteiger charge is 2.15. The molecule has 9 heteroatoms. The minimum absolute atomic E-state index is 0.0408. The molecule has 1 fully saturated rings. The lowest BCUT2D eigenvalue weighted by molar-refractivity contribution is 0.0374. The molecular weight excluding hydrogens is 397 g/mol. The van der Waals surface area contributed by atoms with Crippen molar-refractivity contribution in [3.05, 3.63) is 59.9 Å². The summed E-state index contributed by atoms with van der Waals surface area (Å²) >= 11 is 0. The van der Waals surface area contributed by atoms with Crippen LogP contribution in [0.5, 0.6) is 0 Å². The van der Waals surface area contributed by atoms with Gasteiger partial charge in [-0.05, 0) is 61.5 Å². The van der Waals surface area contributed by atoms with Gasteiger partial charge in [-0.3, -0.25) is 14.4 Å². The van der Waals surface area contributed by atoms with Crippen LogP contribution in [0.3, 0.4) is 0 Å². The third-order valence-electron chi connectivity index (χ3n) is 4.56. The molecule has 0 saturated carbocycles. The van der Waals surface area contributed by atoms with Gasteiger partial charge in [0.2, 0.25) is 0 Å². The lowest BCUT2D eigenvalue weighted by Gasteiger charge is -2.26. The molecule has 156 valence electrons. The molecule has 0 unspecified atom stereocenters. The second kappa shape index (κ2) is 9.82. The summed E-state index contributed by atoms with van der Waals surface area (Å²) in [6.45, 7) is 4.82. The van der Waals surface area contributed by atoms with E-state index in [-0.39, 0.29) is 10.8 Å².